The van der Waals surface area contributed by atoms with Crippen LogP contribution in [0.1, 0.15) is 0 Å². The van der Waals surface area contributed by atoms with Gasteiger partial charge in [-0.05, 0) is 58.5 Å². The van der Waals surface area contributed by atoms with Crippen molar-refractivity contribution in [3.05, 3.63) is 86.5 Å². The van der Waals surface area contributed by atoms with E-state index in [1.54, 1.807) is 10.7 Å². The number of nitrogens with one attached hydrogen (secondary N) is 1. The topological polar surface area (TPSA) is 88.6 Å². The molecular weight excluding hydrogens is 493 g/mol. The lowest BCUT2D eigenvalue weighted by atomic mass is 10.0. The highest BCUT2D eigenvalue weighted by Gasteiger charge is 2.27. The molecule has 0 unspecified atom stereocenters. The number of benzene rings is 3. The standard InChI is InChI=1S/C19H12IN5O2.ClH/c20-15-11-9-13(10-12-15)18-16(7-4-8-17(18)25(26)27)24-19(21-22-23-24)14-5-2-1-3-6-14;/h1-12H;1H. The van der Waals surface area contributed by atoms with Crippen LogP contribution in [0.5, 0.6) is 0 Å². The summed E-state index contributed by atoms with van der Waals surface area (Å²) in [6.45, 7) is 0. The number of nitro groups is 1. The molecule has 4 aromatic rings. The molecule has 0 bridgehead atoms. The molecule has 0 aliphatic carbocycles. The van der Waals surface area contributed by atoms with Gasteiger partial charge >= 0.3 is 5.82 Å². The van der Waals surface area contributed by atoms with Crippen LogP contribution in [0.2, 0.25) is 0 Å². The molecule has 1 aromatic heterocycles. The smallest absolute Gasteiger partial charge is 0.337 e. The Bertz CT molecular complexity index is 1120. The minimum absolute atomic E-state index is 0. The molecule has 4 rings (SSSR count). The Morgan fingerprint density at radius 1 is 0.929 bits per heavy atom. The van der Waals surface area contributed by atoms with Gasteiger partial charge in [0.05, 0.1) is 10.5 Å². The van der Waals surface area contributed by atoms with Crippen molar-refractivity contribution < 1.29 is 22.0 Å². The van der Waals surface area contributed by atoms with Gasteiger partial charge in [0.25, 0.3) is 5.69 Å². The summed E-state index contributed by atoms with van der Waals surface area (Å²) in [4.78, 5) is 11.3. The SMILES string of the molecule is O=[N+]([O-])c1cccc(-[n+]2[nH]nnc2-c2ccccc2)c1-c1ccc(I)cc1.[Cl-]. The summed E-state index contributed by atoms with van der Waals surface area (Å²) in [7, 11) is 0. The number of aromatic nitrogens is 4. The van der Waals surface area contributed by atoms with Gasteiger partial charge in [0, 0.05) is 9.64 Å². The van der Waals surface area contributed by atoms with Crippen molar-refractivity contribution in [3.63, 3.8) is 0 Å². The van der Waals surface area contributed by atoms with Crippen molar-refractivity contribution in [1.82, 2.24) is 15.5 Å². The summed E-state index contributed by atoms with van der Waals surface area (Å²) < 4.78 is 2.72. The molecule has 0 radical (unpaired) electrons. The minimum atomic E-state index is -0.372. The zero-order valence-electron chi connectivity index (χ0n) is 14.3. The number of hydrogen-bond donors (Lipinski definition) is 1. The van der Waals surface area contributed by atoms with Gasteiger partial charge in [-0.15, -0.1) is 4.68 Å². The van der Waals surface area contributed by atoms with E-state index in [2.05, 4.69) is 38.1 Å². The van der Waals surface area contributed by atoms with E-state index in [0.717, 1.165) is 14.7 Å². The maximum absolute atomic E-state index is 11.7. The first-order chi connectivity index (χ1) is 13.1. The molecule has 0 saturated heterocycles. The molecule has 1 heterocycles. The zero-order chi connectivity index (χ0) is 18.8. The molecule has 0 atom stereocenters. The number of rotatable bonds is 4. The molecule has 3 aromatic carbocycles. The van der Waals surface area contributed by atoms with E-state index in [-0.39, 0.29) is 23.0 Å². The second-order valence-corrected chi connectivity index (χ2v) is 7.01. The van der Waals surface area contributed by atoms with Crippen molar-refractivity contribution in [2.24, 2.45) is 0 Å². The molecular formula is C19H13ClIN5O2. The highest BCUT2D eigenvalue weighted by Crippen LogP contribution is 2.34. The molecule has 7 nitrogen and oxygen atoms in total. The van der Waals surface area contributed by atoms with Crippen molar-refractivity contribution in [2.45, 2.75) is 0 Å². The van der Waals surface area contributed by atoms with Gasteiger partial charge < -0.3 is 12.4 Å². The third-order valence-corrected chi connectivity index (χ3v) is 4.84. The summed E-state index contributed by atoms with van der Waals surface area (Å²) in [6.07, 6.45) is 0. The van der Waals surface area contributed by atoms with Crippen LogP contribution in [0.25, 0.3) is 28.2 Å². The Kier molecular flexibility index (Phi) is 6.00. The van der Waals surface area contributed by atoms with Crippen LogP contribution < -0.4 is 17.1 Å². The lowest BCUT2D eigenvalue weighted by molar-refractivity contribution is -0.649. The molecule has 0 aliphatic heterocycles. The monoisotopic (exact) mass is 505 g/mol. The lowest BCUT2D eigenvalue weighted by Gasteiger charge is -2.09. The van der Waals surface area contributed by atoms with Crippen LogP contribution in [0.3, 0.4) is 0 Å². The van der Waals surface area contributed by atoms with Crippen LogP contribution in [0, 0.1) is 13.7 Å². The summed E-state index contributed by atoms with van der Waals surface area (Å²) in [6, 6.07) is 22.1. The fraction of sp³-hybridized carbons (Fsp3) is 0. The van der Waals surface area contributed by atoms with Gasteiger partial charge in [-0.25, -0.2) is 0 Å². The first-order valence-electron chi connectivity index (χ1n) is 8.07. The van der Waals surface area contributed by atoms with E-state index in [9.17, 15) is 10.1 Å². The Morgan fingerprint density at radius 3 is 2.32 bits per heavy atom. The van der Waals surface area contributed by atoms with Crippen molar-refractivity contribution in [1.29, 1.82) is 0 Å². The molecule has 0 saturated carbocycles. The van der Waals surface area contributed by atoms with Gasteiger partial charge in [0.1, 0.15) is 16.3 Å². The van der Waals surface area contributed by atoms with Gasteiger partial charge in [-0.3, -0.25) is 10.1 Å². The number of nitrogens with zero attached hydrogens (tertiary/aromatic N) is 4. The predicted octanol–water partition coefficient (Wildman–Crippen LogP) is 0.932. The Hall–Kier alpha value is -2.85. The molecule has 0 spiro atoms. The Morgan fingerprint density at radius 2 is 1.64 bits per heavy atom. The summed E-state index contributed by atoms with van der Waals surface area (Å²) in [5.41, 5.74) is 2.74. The van der Waals surface area contributed by atoms with Crippen molar-refractivity contribution in [2.75, 3.05) is 0 Å². The van der Waals surface area contributed by atoms with Crippen LogP contribution in [0.4, 0.5) is 5.69 Å². The number of tetrazole rings is 1. The fourth-order valence-corrected chi connectivity index (χ4v) is 3.29. The minimum Gasteiger partial charge on any atom is -1.00 e. The number of halogens is 2. The van der Waals surface area contributed by atoms with E-state index in [1.807, 2.05) is 60.7 Å². The van der Waals surface area contributed by atoms with Gasteiger partial charge in [-0.1, -0.05) is 41.6 Å². The lowest BCUT2D eigenvalue weighted by Crippen LogP contribution is -3.00. The number of H-pyrrole nitrogens is 1. The van der Waals surface area contributed by atoms with Gasteiger partial charge in [0.15, 0.2) is 5.21 Å². The van der Waals surface area contributed by atoms with Gasteiger partial charge in [0.2, 0.25) is 0 Å². The third kappa shape index (κ3) is 3.73. The molecule has 140 valence electrons. The summed E-state index contributed by atoms with van der Waals surface area (Å²) in [5.74, 6) is 0.572. The van der Waals surface area contributed by atoms with E-state index in [1.165, 1.54) is 6.07 Å². The Labute approximate surface area is 180 Å². The van der Waals surface area contributed by atoms with Crippen LogP contribution >= 0.6 is 22.6 Å². The number of aromatic amines is 1. The van der Waals surface area contributed by atoms with Crippen LogP contribution in [-0.2, 0) is 0 Å². The molecule has 28 heavy (non-hydrogen) atoms. The van der Waals surface area contributed by atoms with Crippen LogP contribution in [-0.4, -0.2) is 20.4 Å². The average Bonchev–Trinajstić information content (AvgIpc) is 3.18. The molecule has 0 fully saturated rings. The normalized spacial score (nSPS) is 10.3. The summed E-state index contributed by atoms with van der Waals surface area (Å²) >= 11 is 2.20. The van der Waals surface area contributed by atoms with E-state index in [4.69, 9.17) is 0 Å². The fourth-order valence-electron chi connectivity index (χ4n) is 2.93. The Balaban J connectivity index is 0.00000225. The molecule has 1 N–H and O–H groups in total. The first-order valence-corrected chi connectivity index (χ1v) is 9.15. The highest BCUT2D eigenvalue weighted by molar-refractivity contribution is 14.1. The predicted molar refractivity (Wildman–Crippen MR) is 108 cm³/mol. The average molecular weight is 506 g/mol. The van der Waals surface area contributed by atoms with Crippen molar-refractivity contribution >= 4 is 28.3 Å². The third-order valence-electron chi connectivity index (χ3n) is 4.12. The number of hydrogen-bond acceptors (Lipinski definition) is 4. The second-order valence-electron chi connectivity index (χ2n) is 5.76. The summed E-state index contributed by atoms with van der Waals surface area (Å²) in [5, 5.41) is 22.6. The maximum Gasteiger partial charge on any atom is 0.337 e. The van der Waals surface area contributed by atoms with Crippen LogP contribution in [0.15, 0.2) is 72.8 Å². The van der Waals surface area contributed by atoms with E-state index < -0.39 is 0 Å². The second kappa shape index (κ2) is 8.44. The van der Waals surface area contributed by atoms with E-state index in [0.29, 0.717) is 17.1 Å². The van der Waals surface area contributed by atoms with Gasteiger partial charge in [-0.2, -0.15) is 0 Å². The first kappa shape index (κ1) is 19.9. The zero-order valence-corrected chi connectivity index (χ0v) is 17.2. The molecule has 0 amide bonds. The quantitative estimate of drug-likeness (QED) is 0.193. The molecule has 9 heteroatoms. The molecule has 0 aliphatic rings. The highest BCUT2D eigenvalue weighted by atomic mass is 127. The number of nitro benzene ring substituents is 1. The van der Waals surface area contributed by atoms with Crippen molar-refractivity contribution in [3.8, 4) is 28.2 Å². The largest absolute Gasteiger partial charge is 1.00 e. The maximum atomic E-state index is 11.7. The van der Waals surface area contributed by atoms with E-state index >= 15 is 0 Å².